The highest BCUT2D eigenvalue weighted by Gasteiger charge is 2.42. The van der Waals surface area contributed by atoms with E-state index in [0.717, 1.165) is 15.7 Å². The average molecular weight is 270 g/mol. The van der Waals surface area contributed by atoms with Crippen LogP contribution in [-0.2, 0) is 14.9 Å². The number of hydrogen-bond donors (Lipinski definition) is 1. The molecule has 0 spiro atoms. The molecule has 80 valence electrons. The normalized spacial score (nSPS) is 23.1. The van der Waals surface area contributed by atoms with Gasteiger partial charge in [-0.25, -0.2) is 0 Å². The molecule has 0 aliphatic carbocycles. The Labute approximate surface area is 96.9 Å². The molecule has 1 heterocycles. The van der Waals surface area contributed by atoms with Crippen molar-refractivity contribution in [2.45, 2.75) is 12.3 Å². The van der Waals surface area contributed by atoms with Gasteiger partial charge in [-0.2, -0.15) is 0 Å². The summed E-state index contributed by atoms with van der Waals surface area (Å²) in [6, 6.07) is 5.87. The highest BCUT2D eigenvalue weighted by atomic mass is 79.9. The standard InChI is InChI=1S/C11H12BrNO2/c1-11(10(14)15-2)6-13-9-5-7(12)3-4-8(9)11/h3-5,13H,6H2,1-2H3. The highest BCUT2D eigenvalue weighted by Crippen LogP contribution is 2.38. The van der Waals surface area contributed by atoms with Crippen molar-refractivity contribution in [3.63, 3.8) is 0 Å². The molecule has 1 N–H and O–H groups in total. The number of methoxy groups -OCH3 is 1. The fraction of sp³-hybridized carbons (Fsp3) is 0.364. The van der Waals surface area contributed by atoms with E-state index in [0.29, 0.717) is 6.54 Å². The van der Waals surface area contributed by atoms with Crippen LogP contribution in [0.4, 0.5) is 5.69 Å². The fourth-order valence-electron chi connectivity index (χ4n) is 1.92. The molecule has 0 aromatic heterocycles. The number of rotatable bonds is 1. The molecule has 0 amide bonds. The zero-order valence-electron chi connectivity index (χ0n) is 8.63. The lowest BCUT2D eigenvalue weighted by molar-refractivity contribution is -0.146. The molecule has 2 rings (SSSR count). The number of ether oxygens (including phenoxy) is 1. The lowest BCUT2D eigenvalue weighted by Gasteiger charge is -2.20. The second-order valence-corrected chi connectivity index (χ2v) is 4.78. The van der Waals surface area contributed by atoms with Gasteiger partial charge < -0.3 is 10.1 Å². The van der Waals surface area contributed by atoms with Crippen LogP contribution in [0.15, 0.2) is 22.7 Å². The summed E-state index contributed by atoms with van der Waals surface area (Å²) >= 11 is 3.40. The Morgan fingerprint density at radius 1 is 1.60 bits per heavy atom. The second kappa shape index (κ2) is 3.52. The molecule has 1 unspecified atom stereocenters. The van der Waals surface area contributed by atoms with Crippen molar-refractivity contribution < 1.29 is 9.53 Å². The zero-order valence-corrected chi connectivity index (χ0v) is 10.2. The molecule has 0 saturated carbocycles. The number of anilines is 1. The van der Waals surface area contributed by atoms with Gasteiger partial charge in [0.05, 0.1) is 7.11 Å². The van der Waals surface area contributed by atoms with Crippen LogP contribution in [0.2, 0.25) is 0 Å². The Morgan fingerprint density at radius 3 is 3.00 bits per heavy atom. The predicted octanol–water partition coefficient (Wildman–Crippen LogP) is 2.31. The predicted molar refractivity (Wildman–Crippen MR) is 62.0 cm³/mol. The van der Waals surface area contributed by atoms with Gasteiger partial charge in [0, 0.05) is 16.7 Å². The maximum Gasteiger partial charge on any atom is 0.317 e. The first-order valence-corrected chi connectivity index (χ1v) is 5.49. The fourth-order valence-corrected chi connectivity index (χ4v) is 2.28. The Kier molecular flexibility index (Phi) is 2.46. The summed E-state index contributed by atoms with van der Waals surface area (Å²) in [6.07, 6.45) is 0. The summed E-state index contributed by atoms with van der Waals surface area (Å²) in [6.45, 7) is 2.48. The average Bonchev–Trinajstić information content (AvgIpc) is 2.56. The number of halogens is 1. The van der Waals surface area contributed by atoms with Gasteiger partial charge in [-0.15, -0.1) is 0 Å². The summed E-state index contributed by atoms with van der Waals surface area (Å²) in [5.74, 6) is -0.198. The third-order valence-electron chi connectivity index (χ3n) is 2.84. The lowest BCUT2D eigenvalue weighted by Crippen LogP contribution is -2.35. The van der Waals surface area contributed by atoms with E-state index in [1.54, 1.807) is 0 Å². The molecule has 1 aromatic rings. The first-order chi connectivity index (χ1) is 7.08. The Hall–Kier alpha value is -1.03. The minimum atomic E-state index is -0.565. The van der Waals surface area contributed by atoms with Crippen LogP contribution >= 0.6 is 15.9 Å². The second-order valence-electron chi connectivity index (χ2n) is 3.87. The number of carbonyl (C=O) groups is 1. The molecular formula is C11H12BrNO2. The molecular weight excluding hydrogens is 258 g/mol. The van der Waals surface area contributed by atoms with Gasteiger partial charge in [-0.3, -0.25) is 4.79 Å². The van der Waals surface area contributed by atoms with E-state index >= 15 is 0 Å². The van der Waals surface area contributed by atoms with Crippen LogP contribution in [0.25, 0.3) is 0 Å². The first kappa shape index (κ1) is 10.5. The molecule has 4 heteroatoms. The van der Waals surface area contributed by atoms with E-state index in [1.165, 1.54) is 7.11 Å². The topological polar surface area (TPSA) is 38.3 Å². The minimum Gasteiger partial charge on any atom is -0.468 e. The van der Waals surface area contributed by atoms with E-state index in [2.05, 4.69) is 21.2 Å². The Bertz CT molecular complexity index is 419. The number of fused-ring (bicyclic) bond motifs is 1. The van der Waals surface area contributed by atoms with E-state index in [4.69, 9.17) is 4.74 Å². The summed E-state index contributed by atoms with van der Waals surface area (Å²) in [5.41, 5.74) is 1.43. The summed E-state index contributed by atoms with van der Waals surface area (Å²) in [5, 5.41) is 3.22. The van der Waals surface area contributed by atoms with Gasteiger partial charge in [-0.05, 0) is 24.6 Å². The van der Waals surface area contributed by atoms with Crippen molar-refractivity contribution in [1.82, 2.24) is 0 Å². The smallest absolute Gasteiger partial charge is 0.317 e. The minimum absolute atomic E-state index is 0.198. The monoisotopic (exact) mass is 269 g/mol. The van der Waals surface area contributed by atoms with Gasteiger partial charge >= 0.3 is 5.97 Å². The summed E-state index contributed by atoms with van der Waals surface area (Å²) in [4.78, 5) is 11.7. The quantitative estimate of drug-likeness (QED) is 0.796. The van der Waals surface area contributed by atoms with Gasteiger partial charge in [0.1, 0.15) is 5.41 Å². The maximum absolute atomic E-state index is 11.7. The summed E-state index contributed by atoms with van der Waals surface area (Å²) < 4.78 is 5.84. The van der Waals surface area contributed by atoms with Crippen LogP contribution in [0.5, 0.6) is 0 Å². The number of carbonyl (C=O) groups excluding carboxylic acids is 1. The summed E-state index contributed by atoms with van der Waals surface area (Å²) in [7, 11) is 1.42. The van der Waals surface area contributed by atoms with Crippen LogP contribution < -0.4 is 5.32 Å². The lowest BCUT2D eigenvalue weighted by atomic mass is 9.85. The van der Waals surface area contributed by atoms with E-state index in [1.807, 2.05) is 25.1 Å². The van der Waals surface area contributed by atoms with Gasteiger partial charge in [0.15, 0.2) is 0 Å². The van der Waals surface area contributed by atoms with Crippen LogP contribution in [0, 0.1) is 0 Å². The molecule has 0 bridgehead atoms. The van der Waals surface area contributed by atoms with Crippen molar-refractivity contribution in [3.8, 4) is 0 Å². The molecule has 0 saturated heterocycles. The Morgan fingerprint density at radius 2 is 2.33 bits per heavy atom. The molecule has 3 nitrogen and oxygen atoms in total. The van der Waals surface area contributed by atoms with Crippen LogP contribution in [-0.4, -0.2) is 19.6 Å². The first-order valence-electron chi connectivity index (χ1n) is 4.70. The van der Waals surface area contributed by atoms with Crippen LogP contribution in [0.1, 0.15) is 12.5 Å². The third kappa shape index (κ3) is 1.53. The van der Waals surface area contributed by atoms with E-state index in [-0.39, 0.29) is 5.97 Å². The largest absolute Gasteiger partial charge is 0.468 e. The highest BCUT2D eigenvalue weighted by molar-refractivity contribution is 9.10. The molecule has 1 aromatic carbocycles. The van der Waals surface area contributed by atoms with Gasteiger partial charge in [0.2, 0.25) is 0 Å². The van der Waals surface area contributed by atoms with Crippen molar-refractivity contribution >= 4 is 27.6 Å². The van der Waals surface area contributed by atoms with Gasteiger partial charge in [0.25, 0.3) is 0 Å². The zero-order chi connectivity index (χ0) is 11.1. The molecule has 0 fully saturated rings. The number of benzene rings is 1. The van der Waals surface area contributed by atoms with E-state index < -0.39 is 5.41 Å². The number of nitrogens with one attached hydrogen (secondary N) is 1. The van der Waals surface area contributed by atoms with Crippen molar-refractivity contribution in [2.75, 3.05) is 19.0 Å². The molecule has 15 heavy (non-hydrogen) atoms. The van der Waals surface area contributed by atoms with Crippen LogP contribution in [0.3, 0.4) is 0 Å². The Balaban J connectivity index is 2.48. The molecule has 1 aliphatic heterocycles. The maximum atomic E-state index is 11.7. The van der Waals surface area contributed by atoms with Crippen molar-refractivity contribution in [3.05, 3.63) is 28.2 Å². The molecule has 1 aliphatic rings. The van der Waals surface area contributed by atoms with Crippen molar-refractivity contribution in [2.24, 2.45) is 0 Å². The van der Waals surface area contributed by atoms with Crippen molar-refractivity contribution in [1.29, 1.82) is 0 Å². The SMILES string of the molecule is COC(=O)C1(C)CNc2cc(Br)ccc21. The number of hydrogen-bond acceptors (Lipinski definition) is 3. The number of esters is 1. The third-order valence-corrected chi connectivity index (χ3v) is 3.34. The molecule has 1 atom stereocenters. The van der Waals surface area contributed by atoms with E-state index in [9.17, 15) is 4.79 Å². The van der Waals surface area contributed by atoms with Gasteiger partial charge in [-0.1, -0.05) is 22.0 Å². The molecule has 0 radical (unpaired) electrons.